The van der Waals surface area contributed by atoms with Crippen LogP contribution in [0.1, 0.15) is 10.4 Å². The Bertz CT molecular complexity index is 336. The predicted molar refractivity (Wildman–Crippen MR) is 33.4 cm³/mol. The molecule has 1 N–H and O–H groups in total. The summed E-state index contributed by atoms with van der Waals surface area (Å²) >= 11 is 0. The number of halogens is 3. The van der Waals surface area contributed by atoms with Crippen LogP contribution in [-0.4, -0.2) is 11.4 Å². The number of aromatic hydroxyl groups is 1. The van der Waals surface area contributed by atoms with Crippen molar-refractivity contribution in [3.63, 3.8) is 0 Å². The minimum Gasteiger partial charge on any atom is -0.507 e. The average molecular weight is 176 g/mol. The zero-order valence-electron chi connectivity index (χ0n) is 5.64. The van der Waals surface area contributed by atoms with E-state index >= 15 is 0 Å². The van der Waals surface area contributed by atoms with Crippen molar-refractivity contribution in [2.24, 2.45) is 0 Å². The van der Waals surface area contributed by atoms with Crippen molar-refractivity contribution < 1.29 is 23.1 Å². The quantitative estimate of drug-likeness (QED) is 0.521. The van der Waals surface area contributed by atoms with Gasteiger partial charge in [-0.1, -0.05) is 0 Å². The molecule has 0 aliphatic heterocycles. The summed E-state index contributed by atoms with van der Waals surface area (Å²) in [5, 5.41) is 8.72. The number of carbonyl (C=O) groups excluding carboxylic acids is 1. The van der Waals surface area contributed by atoms with Gasteiger partial charge in [-0.15, -0.1) is 0 Å². The van der Waals surface area contributed by atoms with Gasteiger partial charge < -0.3 is 5.11 Å². The summed E-state index contributed by atoms with van der Waals surface area (Å²) in [6.07, 6.45) is -0.0901. The maximum atomic E-state index is 12.5. The van der Waals surface area contributed by atoms with Crippen molar-refractivity contribution in [2.45, 2.75) is 0 Å². The molecule has 64 valence electrons. The maximum absolute atomic E-state index is 12.5. The molecular weight excluding hydrogens is 173 g/mol. The topological polar surface area (TPSA) is 37.3 Å². The molecule has 1 aromatic carbocycles. The molecule has 0 aliphatic rings. The Labute approximate surface area is 65.2 Å². The minimum atomic E-state index is -1.77. The van der Waals surface area contributed by atoms with Crippen LogP contribution in [-0.2, 0) is 0 Å². The van der Waals surface area contributed by atoms with Crippen LogP contribution < -0.4 is 0 Å². The smallest absolute Gasteiger partial charge is 0.195 e. The molecule has 0 radical (unpaired) electrons. The number of hydrogen-bond acceptors (Lipinski definition) is 2. The zero-order chi connectivity index (χ0) is 9.30. The van der Waals surface area contributed by atoms with Gasteiger partial charge in [0.25, 0.3) is 0 Å². The molecule has 0 aromatic heterocycles. The second-order valence-corrected chi connectivity index (χ2v) is 2.04. The molecule has 0 bridgehead atoms. The Morgan fingerprint density at radius 3 is 2.33 bits per heavy atom. The summed E-state index contributed by atoms with van der Waals surface area (Å²) in [6, 6.07) is 0.335. The fraction of sp³-hybridized carbons (Fsp3) is 0. The largest absolute Gasteiger partial charge is 0.507 e. The van der Waals surface area contributed by atoms with Crippen molar-refractivity contribution in [3.05, 3.63) is 29.1 Å². The molecule has 0 unspecified atom stereocenters. The van der Waals surface area contributed by atoms with Crippen LogP contribution in [0.15, 0.2) is 6.07 Å². The summed E-state index contributed by atoms with van der Waals surface area (Å²) in [5.74, 6) is -5.89. The van der Waals surface area contributed by atoms with E-state index in [1.165, 1.54) is 0 Å². The molecule has 0 saturated carbocycles. The van der Waals surface area contributed by atoms with E-state index in [4.69, 9.17) is 5.11 Å². The van der Waals surface area contributed by atoms with Gasteiger partial charge >= 0.3 is 0 Å². The first-order valence-corrected chi connectivity index (χ1v) is 2.89. The van der Waals surface area contributed by atoms with Gasteiger partial charge in [0.1, 0.15) is 5.75 Å². The number of rotatable bonds is 1. The Balaban J connectivity index is 3.51. The number of benzene rings is 1. The molecule has 12 heavy (non-hydrogen) atoms. The second kappa shape index (κ2) is 2.84. The Morgan fingerprint density at radius 2 is 1.83 bits per heavy atom. The van der Waals surface area contributed by atoms with E-state index in [2.05, 4.69) is 0 Å². The normalized spacial score (nSPS) is 9.92. The minimum absolute atomic E-state index is 0.0901. The molecule has 0 spiro atoms. The van der Waals surface area contributed by atoms with Gasteiger partial charge in [-0.2, -0.15) is 0 Å². The maximum Gasteiger partial charge on any atom is 0.195 e. The first-order valence-electron chi connectivity index (χ1n) is 2.89. The van der Waals surface area contributed by atoms with E-state index in [-0.39, 0.29) is 6.29 Å². The van der Waals surface area contributed by atoms with E-state index < -0.39 is 28.8 Å². The highest BCUT2D eigenvalue weighted by Gasteiger charge is 2.17. The van der Waals surface area contributed by atoms with Crippen molar-refractivity contribution in [3.8, 4) is 5.75 Å². The number of aldehydes is 1. The Kier molecular flexibility index (Phi) is 2.03. The third-order valence-electron chi connectivity index (χ3n) is 1.30. The van der Waals surface area contributed by atoms with Crippen molar-refractivity contribution in [2.75, 3.05) is 0 Å². The number of hydrogen-bond donors (Lipinski definition) is 1. The standard InChI is InChI=1S/C7H3F3O2/c8-4-1-5(12)3(2-11)6(9)7(4)10/h1-2,12H. The lowest BCUT2D eigenvalue weighted by Crippen LogP contribution is -1.96. The SMILES string of the molecule is O=Cc1c(O)cc(F)c(F)c1F. The van der Waals surface area contributed by atoms with Crippen molar-refractivity contribution in [1.29, 1.82) is 0 Å². The lowest BCUT2D eigenvalue weighted by Gasteiger charge is -2.00. The van der Waals surface area contributed by atoms with Gasteiger partial charge in [0.15, 0.2) is 23.7 Å². The Hall–Kier alpha value is -1.52. The van der Waals surface area contributed by atoms with Crippen LogP contribution >= 0.6 is 0 Å². The molecule has 0 atom stereocenters. The molecule has 0 heterocycles. The first kappa shape index (κ1) is 8.58. The van der Waals surface area contributed by atoms with Crippen LogP contribution in [0.4, 0.5) is 13.2 Å². The van der Waals surface area contributed by atoms with E-state index in [1.807, 2.05) is 0 Å². The van der Waals surface area contributed by atoms with Gasteiger partial charge in [-0.3, -0.25) is 4.79 Å². The highest BCUT2D eigenvalue weighted by atomic mass is 19.2. The number of carbonyl (C=O) groups is 1. The molecule has 1 aromatic rings. The van der Waals surface area contributed by atoms with Crippen LogP contribution in [0.3, 0.4) is 0 Å². The lowest BCUT2D eigenvalue weighted by molar-refractivity contribution is 0.111. The van der Waals surface area contributed by atoms with Gasteiger partial charge in [-0.05, 0) is 0 Å². The van der Waals surface area contributed by atoms with Crippen molar-refractivity contribution >= 4 is 6.29 Å². The van der Waals surface area contributed by atoms with Gasteiger partial charge in [-0.25, -0.2) is 13.2 Å². The summed E-state index contributed by atoms with van der Waals surface area (Å²) in [4.78, 5) is 10.0. The zero-order valence-corrected chi connectivity index (χ0v) is 5.64. The van der Waals surface area contributed by atoms with E-state index in [0.29, 0.717) is 6.07 Å². The molecule has 0 aliphatic carbocycles. The molecule has 0 saturated heterocycles. The third kappa shape index (κ3) is 1.13. The summed E-state index contributed by atoms with van der Waals surface area (Å²) in [5.41, 5.74) is -0.881. The molecule has 2 nitrogen and oxygen atoms in total. The second-order valence-electron chi connectivity index (χ2n) is 2.04. The lowest BCUT2D eigenvalue weighted by atomic mass is 10.2. The van der Waals surface area contributed by atoms with Gasteiger partial charge in [0.05, 0.1) is 5.56 Å². The molecule has 5 heteroatoms. The Morgan fingerprint density at radius 1 is 1.25 bits per heavy atom. The highest BCUT2D eigenvalue weighted by Crippen LogP contribution is 2.23. The summed E-state index contributed by atoms with van der Waals surface area (Å²) < 4.78 is 37.1. The first-order chi connectivity index (χ1) is 5.57. The molecule has 0 fully saturated rings. The third-order valence-corrected chi connectivity index (χ3v) is 1.30. The van der Waals surface area contributed by atoms with Gasteiger partial charge in [0.2, 0.25) is 0 Å². The van der Waals surface area contributed by atoms with Crippen LogP contribution in [0.2, 0.25) is 0 Å². The predicted octanol–water partition coefficient (Wildman–Crippen LogP) is 1.62. The van der Waals surface area contributed by atoms with Crippen LogP contribution in [0, 0.1) is 17.5 Å². The fourth-order valence-electron chi connectivity index (χ4n) is 0.709. The average Bonchev–Trinajstić information content (AvgIpc) is 2.01. The van der Waals surface area contributed by atoms with Crippen molar-refractivity contribution in [1.82, 2.24) is 0 Å². The molecular formula is C7H3F3O2. The number of phenolic OH excluding ortho intramolecular Hbond substituents is 1. The van der Waals surface area contributed by atoms with Gasteiger partial charge in [0, 0.05) is 6.07 Å². The monoisotopic (exact) mass is 176 g/mol. The number of phenols is 1. The summed E-state index contributed by atoms with van der Waals surface area (Å²) in [7, 11) is 0. The van der Waals surface area contributed by atoms with E-state index in [1.54, 1.807) is 0 Å². The van der Waals surface area contributed by atoms with Crippen LogP contribution in [0.5, 0.6) is 5.75 Å². The fourth-order valence-corrected chi connectivity index (χ4v) is 0.709. The molecule has 0 amide bonds. The molecule has 1 rings (SSSR count). The highest BCUT2D eigenvalue weighted by molar-refractivity contribution is 5.79. The van der Waals surface area contributed by atoms with Crippen LogP contribution in [0.25, 0.3) is 0 Å². The summed E-state index contributed by atoms with van der Waals surface area (Å²) in [6.45, 7) is 0. The van der Waals surface area contributed by atoms with E-state index in [9.17, 15) is 18.0 Å². The van der Waals surface area contributed by atoms with E-state index in [0.717, 1.165) is 0 Å².